The van der Waals surface area contributed by atoms with E-state index in [1.807, 2.05) is 29.2 Å². The number of hydrogen-bond donors (Lipinski definition) is 2. The summed E-state index contributed by atoms with van der Waals surface area (Å²) in [7, 11) is 0. The summed E-state index contributed by atoms with van der Waals surface area (Å²) in [6, 6.07) is 7.38. The maximum Gasteiger partial charge on any atom is 0.255 e. The molecule has 1 aromatic carbocycles. The van der Waals surface area contributed by atoms with Crippen LogP contribution in [-0.4, -0.2) is 42.9 Å². The van der Waals surface area contributed by atoms with Crippen LogP contribution in [0.4, 0.5) is 5.69 Å². The molecule has 0 spiro atoms. The van der Waals surface area contributed by atoms with Crippen molar-refractivity contribution in [1.82, 2.24) is 10.2 Å². The molecule has 3 rings (SSSR count). The summed E-state index contributed by atoms with van der Waals surface area (Å²) in [6.07, 6.45) is 3.08. The number of hydrogen-bond acceptors (Lipinski definition) is 3. The van der Waals surface area contributed by atoms with Gasteiger partial charge >= 0.3 is 0 Å². The molecule has 5 nitrogen and oxygen atoms in total. The second-order valence-corrected chi connectivity index (χ2v) is 7.73. The lowest BCUT2D eigenvalue weighted by Crippen LogP contribution is -2.43. The van der Waals surface area contributed by atoms with E-state index >= 15 is 0 Å². The first-order valence-corrected chi connectivity index (χ1v) is 9.44. The van der Waals surface area contributed by atoms with Crippen LogP contribution in [0.25, 0.3) is 0 Å². The molecular weight excluding hydrogens is 314 g/mol. The topological polar surface area (TPSA) is 61.4 Å². The number of amides is 2. The molecule has 0 radical (unpaired) electrons. The first kappa shape index (κ1) is 17.9. The minimum Gasteiger partial charge on any atom is -0.338 e. The Bertz CT molecular complexity index is 615. The van der Waals surface area contributed by atoms with E-state index in [1.54, 1.807) is 0 Å². The number of rotatable bonds is 3. The van der Waals surface area contributed by atoms with Crippen LogP contribution >= 0.6 is 0 Å². The fourth-order valence-corrected chi connectivity index (χ4v) is 4.09. The number of benzene rings is 1. The minimum absolute atomic E-state index is 0.00725. The normalized spacial score (nSPS) is 27.0. The lowest BCUT2D eigenvalue weighted by molar-refractivity contribution is -0.120. The second kappa shape index (κ2) is 8.00. The number of nitrogens with zero attached hydrogens (tertiary/aromatic N) is 1. The van der Waals surface area contributed by atoms with Crippen LogP contribution in [0.5, 0.6) is 0 Å². The predicted octanol–water partition coefficient (Wildman–Crippen LogP) is 2.74. The Morgan fingerprint density at radius 3 is 2.56 bits per heavy atom. The largest absolute Gasteiger partial charge is 0.338 e. The van der Waals surface area contributed by atoms with Crippen molar-refractivity contribution in [2.45, 2.75) is 33.1 Å². The molecule has 0 saturated carbocycles. The summed E-state index contributed by atoms with van der Waals surface area (Å²) in [5, 5.41) is 6.26. The number of carbonyl (C=O) groups is 2. The maximum atomic E-state index is 13.0. The molecule has 5 heteroatoms. The van der Waals surface area contributed by atoms with Gasteiger partial charge in [0.05, 0.1) is 17.2 Å². The molecule has 2 heterocycles. The van der Waals surface area contributed by atoms with Gasteiger partial charge in [-0.3, -0.25) is 9.59 Å². The Morgan fingerprint density at radius 2 is 1.88 bits per heavy atom. The highest BCUT2D eigenvalue weighted by Crippen LogP contribution is 2.25. The van der Waals surface area contributed by atoms with Gasteiger partial charge in [0.25, 0.3) is 5.91 Å². The molecule has 2 amide bonds. The van der Waals surface area contributed by atoms with Crippen molar-refractivity contribution in [3.63, 3.8) is 0 Å². The van der Waals surface area contributed by atoms with E-state index in [1.165, 1.54) is 0 Å². The standard InChI is InChI=1S/C20H29N3O2/c1-14-10-15(2)13-23(12-14)20(25)17-7-3-4-8-18(17)22-19(24)16-6-5-9-21-11-16/h3-4,7-8,14-16,21H,5-6,9-13H2,1-2H3,(H,22,24). The Hall–Kier alpha value is -1.88. The quantitative estimate of drug-likeness (QED) is 0.887. The molecule has 0 aromatic heterocycles. The number of nitrogens with one attached hydrogen (secondary N) is 2. The molecule has 0 bridgehead atoms. The van der Waals surface area contributed by atoms with E-state index in [2.05, 4.69) is 24.5 Å². The van der Waals surface area contributed by atoms with E-state index in [0.29, 0.717) is 29.6 Å². The molecule has 2 N–H and O–H groups in total. The summed E-state index contributed by atoms with van der Waals surface area (Å²) in [6.45, 7) is 7.66. The number of para-hydroxylation sites is 1. The third kappa shape index (κ3) is 4.40. The van der Waals surface area contributed by atoms with E-state index in [0.717, 1.165) is 38.9 Å². The zero-order valence-electron chi connectivity index (χ0n) is 15.3. The zero-order chi connectivity index (χ0) is 17.8. The third-order valence-electron chi connectivity index (χ3n) is 5.24. The Kier molecular flexibility index (Phi) is 5.74. The van der Waals surface area contributed by atoms with Gasteiger partial charge in [-0.2, -0.15) is 0 Å². The van der Waals surface area contributed by atoms with Crippen LogP contribution in [-0.2, 0) is 4.79 Å². The van der Waals surface area contributed by atoms with Crippen molar-refractivity contribution in [3.05, 3.63) is 29.8 Å². The van der Waals surface area contributed by atoms with Crippen LogP contribution in [0.3, 0.4) is 0 Å². The van der Waals surface area contributed by atoms with Gasteiger partial charge in [-0.1, -0.05) is 26.0 Å². The van der Waals surface area contributed by atoms with Crippen molar-refractivity contribution >= 4 is 17.5 Å². The van der Waals surface area contributed by atoms with E-state index < -0.39 is 0 Å². The van der Waals surface area contributed by atoms with Crippen molar-refractivity contribution in [3.8, 4) is 0 Å². The van der Waals surface area contributed by atoms with E-state index in [4.69, 9.17) is 0 Å². The van der Waals surface area contributed by atoms with Gasteiger partial charge in [0, 0.05) is 19.6 Å². The van der Waals surface area contributed by atoms with Gasteiger partial charge < -0.3 is 15.5 Å². The molecule has 25 heavy (non-hydrogen) atoms. The number of anilines is 1. The Morgan fingerprint density at radius 1 is 1.16 bits per heavy atom. The van der Waals surface area contributed by atoms with Gasteiger partial charge in [-0.15, -0.1) is 0 Å². The molecule has 3 atom stereocenters. The van der Waals surface area contributed by atoms with E-state index in [-0.39, 0.29) is 17.7 Å². The molecule has 2 aliphatic rings. The molecule has 3 unspecified atom stereocenters. The minimum atomic E-state index is -0.0214. The number of piperidine rings is 2. The first-order chi connectivity index (χ1) is 12.0. The average Bonchev–Trinajstić information content (AvgIpc) is 2.61. The van der Waals surface area contributed by atoms with Crippen LogP contribution in [0.2, 0.25) is 0 Å². The average molecular weight is 343 g/mol. The molecule has 2 fully saturated rings. The number of carbonyl (C=O) groups excluding carboxylic acids is 2. The van der Waals surface area contributed by atoms with Gasteiger partial charge in [0.2, 0.25) is 5.91 Å². The molecule has 0 aliphatic carbocycles. The monoisotopic (exact) mass is 343 g/mol. The van der Waals surface area contributed by atoms with Gasteiger partial charge in [-0.05, 0) is 49.8 Å². The van der Waals surface area contributed by atoms with Gasteiger partial charge in [0.1, 0.15) is 0 Å². The second-order valence-electron chi connectivity index (χ2n) is 7.73. The summed E-state index contributed by atoms with van der Waals surface area (Å²) in [4.78, 5) is 27.5. The highest BCUT2D eigenvalue weighted by Gasteiger charge is 2.28. The maximum absolute atomic E-state index is 13.0. The lowest BCUT2D eigenvalue weighted by atomic mass is 9.91. The molecular formula is C20H29N3O2. The molecule has 2 saturated heterocycles. The number of likely N-dealkylation sites (tertiary alicyclic amines) is 1. The van der Waals surface area contributed by atoms with Crippen molar-refractivity contribution in [2.24, 2.45) is 17.8 Å². The van der Waals surface area contributed by atoms with Crippen LogP contribution in [0.1, 0.15) is 43.5 Å². The smallest absolute Gasteiger partial charge is 0.255 e. The summed E-state index contributed by atoms with van der Waals surface area (Å²) in [5.41, 5.74) is 1.23. The van der Waals surface area contributed by atoms with Crippen LogP contribution < -0.4 is 10.6 Å². The fraction of sp³-hybridized carbons (Fsp3) is 0.600. The Balaban J connectivity index is 1.73. The third-order valence-corrected chi connectivity index (χ3v) is 5.24. The summed E-state index contributed by atoms with van der Waals surface area (Å²) >= 11 is 0. The SMILES string of the molecule is CC1CC(C)CN(C(=O)c2ccccc2NC(=O)C2CCCNC2)C1. The molecule has 2 aliphatic heterocycles. The van der Waals surface area contributed by atoms with Crippen molar-refractivity contribution < 1.29 is 9.59 Å². The summed E-state index contributed by atoms with van der Waals surface area (Å²) < 4.78 is 0. The van der Waals surface area contributed by atoms with Crippen LogP contribution in [0, 0.1) is 17.8 Å². The summed E-state index contributed by atoms with van der Waals surface area (Å²) in [5.74, 6) is 1.04. The van der Waals surface area contributed by atoms with Crippen molar-refractivity contribution in [1.29, 1.82) is 0 Å². The van der Waals surface area contributed by atoms with E-state index in [9.17, 15) is 9.59 Å². The van der Waals surface area contributed by atoms with Gasteiger partial charge in [-0.25, -0.2) is 0 Å². The molecule has 136 valence electrons. The van der Waals surface area contributed by atoms with Crippen molar-refractivity contribution in [2.75, 3.05) is 31.5 Å². The fourth-order valence-electron chi connectivity index (χ4n) is 4.09. The lowest BCUT2D eigenvalue weighted by Gasteiger charge is -2.35. The van der Waals surface area contributed by atoms with Crippen LogP contribution in [0.15, 0.2) is 24.3 Å². The molecule has 1 aromatic rings. The predicted molar refractivity (Wildman–Crippen MR) is 99.5 cm³/mol. The zero-order valence-corrected chi connectivity index (χ0v) is 15.3. The van der Waals surface area contributed by atoms with Gasteiger partial charge in [0.15, 0.2) is 0 Å². The highest BCUT2D eigenvalue weighted by atomic mass is 16.2. The Labute approximate surface area is 150 Å². The first-order valence-electron chi connectivity index (χ1n) is 9.44. The highest BCUT2D eigenvalue weighted by molar-refractivity contribution is 6.04.